The van der Waals surface area contributed by atoms with E-state index in [1.165, 1.54) is 0 Å². The van der Waals surface area contributed by atoms with E-state index in [1.54, 1.807) is 29.2 Å². The van der Waals surface area contributed by atoms with Crippen LogP contribution in [0, 0.1) is 0 Å². The van der Waals surface area contributed by atoms with Gasteiger partial charge in [-0.3, -0.25) is 4.79 Å². The standard InChI is InChI=1S/C18H20F3N3O/c1-2-9-22-17(25)14-8-5-10-24(14)15-11-16(18(19,20)21)23-13-7-4-3-6-12(13)15/h3-4,6-7,11,14H,2,5,8-10H2,1H3,(H,22,25)/t14-/m0/s1. The average Bonchev–Trinajstić information content (AvgIpc) is 3.07. The molecule has 1 aromatic carbocycles. The molecule has 0 saturated carbocycles. The van der Waals surface area contributed by atoms with E-state index in [2.05, 4.69) is 10.3 Å². The molecule has 1 aromatic heterocycles. The predicted octanol–water partition coefficient (Wildman–Crippen LogP) is 3.75. The van der Waals surface area contributed by atoms with Crippen LogP contribution < -0.4 is 10.2 Å². The molecule has 1 aliphatic rings. The molecule has 2 heterocycles. The van der Waals surface area contributed by atoms with Gasteiger partial charge in [0.15, 0.2) is 0 Å². The minimum Gasteiger partial charge on any atom is -0.359 e. The number of carbonyl (C=O) groups excluding carboxylic acids is 1. The lowest BCUT2D eigenvalue weighted by Crippen LogP contribution is -2.43. The summed E-state index contributed by atoms with van der Waals surface area (Å²) in [5.41, 5.74) is -0.222. The van der Waals surface area contributed by atoms with Crippen LogP contribution in [0.15, 0.2) is 30.3 Å². The highest BCUT2D eigenvalue weighted by atomic mass is 19.4. The molecular weight excluding hydrogens is 331 g/mol. The Morgan fingerprint density at radius 1 is 1.36 bits per heavy atom. The second-order valence-corrected chi connectivity index (χ2v) is 6.18. The number of pyridine rings is 1. The molecule has 1 aliphatic heterocycles. The third-order valence-corrected chi connectivity index (χ3v) is 4.40. The fraction of sp³-hybridized carbons (Fsp3) is 0.444. The first-order valence-corrected chi connectivity index (χ1v) is 8.43. The lowest BCUT2D eigenvalue weighted by molar-refractivity contribution is -0.140. The zero-order chi connectivity index (χ0) is 18.0. The number of aromatic nitrogens is 1. The fourth-order valence-electron chi connectivity index (χ4n) is 3.23. The number of alkyl halides is 3. The number of amides is 1. The summed E-state index contributed by atoms with van der Waals surface area (Å²) in [6.07, 6.45) is -2.32. The van der Waals surface area contributed by atoms with Crippen LogP contribution in [0.4, 0.5) is 18.9 Å². The molecule has 1 amide bonds. The summed E-state index contributed by atoms with van der Waals surface area (Å²) in [7, 11) is 0. The highest BCUT2D eigenvalue weighted by molar-refractivity contribution is 5.95. The summed E-state index contributed by atoms with van der Waals surface area (Å²) in [6.45, 7) is 3.07. The quantitative estimate of drug-likeness (QED) is 0.913. The topological polar surface area (TPSA) is 45.2 Å². The van der Waals surface area contributed by atoms with Crippen molar-refractivity contribution in [3.05, 3.63) is 36.0 Å². The minimum absolute atomic E-state index is 0.131. The molecule has 4 nitrogen and oxygen atoms in total. The van der Waals surface area contributed by atoms with Gasteiger partial charge in [0, 0.05) is 24.2 Å². The Labute approximate surface area is 144 Å². The summed E-state index contributed by atoms with van der Waals surface area (Å²) in [6, 6.07) is 7.36. The Morgan fingerprint density at radius 2 is 2.12 bits per heavy atom. The van der Waals surface area contributed by atoms with E-state index in [0.717, 1.165) is 18.9 Å². The number of rotatable bonds is 4. The molecule has 0 unspecified atom stereocenters. The molecule has 3 rings (SSSR count). The van der Waals surface area contributed by atoms with Crippen molar-refractivity contribution >= 4 is 22.5 Å². The first-order valence-electron chi connectivity index (χ1n) is 8.43. The number of halogens is 3. The van der Waals surface area contributed by atoms with Gasteiger partial charge in [-0.1, -0.05) is 25.1 Å². The van der Waals surface area contributed by atoms with Crippen molar-refractivity contribution in [2.75, 3.05) is 18.0 Å². The van der Waals surface area contributed by atoms with Gasteiger partial charge in [0.2, 0.25) is 5.91 Å². The second-order valence-electron chi connectivity index (χ2n) is 6.18. The largest absolute Gasteiger partial charge is 0.433 e. The second kappa shape index (κ2) is 6.90. The molecule has 1 atom stereocenters. The third kappa shape index (κ3) is 3.55. The summed E-state index contributed by atoms with van der Waals surface area (Å²) in [5, 5.41) is 3.48. The Morgan fingerprint density at radius 3 is 2.84 bits per heavy atom. The lowest BCUT2D eigenvalue weighted by Gasteiger charge is -2.27. The fourth-order valence-corrected chi connectivity index (χ4v) is 3.23. The van der Waals surface area contributed by atoms with Gasteiger partial charge in [-0.15, -0.1) is 0 Å². The number of carbonyl (C=O) groups is 1. The van der Waals surface area contributed by atoms with E-state index >= 15 is 0 Å². The van der Waals surface area contributed by atoms with Crippen LogP contribution in [0.1, 0.15) is 31.9 Å². The molecule has 25 heavy (non-hydrogen) atoms. The molecule has 7 heteroatoms. The van der Waals surface area contributed by atoms with Crippen LogP contribution in [0.2, 0.25) is 0 Å². The van der Waals surface area contributed by atoms with Gasteiger partial charge in [0.05, 0.1) is 5.52 Å². The molecule has 1 fully saturated rings. The third-order valence-electron chi connectivity index (χ3n) is 4.40. The predicted molar refractivity (Wildman–Crippen MR) is 90.4 cm³/mol. The molecule has 0 aliphatic carbocycles. The maximum absolute atomic E-state index is 13.2. The van der Waals surface area contributed by atoms with E-state index in [1.807, 2.05) is 6.92 Å². The Hall–Kier alpha value is -2.31. The zero-order valence-electron chi connectivity index (χ0n) is 13.9. The van der Waals surface area contributed by atoms with Crippen LogP contribution in [-0.4, -0.2) is 30.0 Å². The lowest BCUT2D eigenvalue weighted by atomic mass is 10.1. The van der Waals surface area contributed by atoms with Crippen molar-refractivity contribution in [1.82, 2.24) is 10.3 Å². The number of nitrogens with one attached hydrogen (secondary N) is 1. The number of nitrogens with zero attached hydrogens (tertiary/aromatic N) is 2. The van der Waals surface area contributed by atoms with E-state index < -0.39 is 17.9 Å². The molecule has 1 saturated heterocycles. The van der Waals surface area contributed by atoms with Gasteiger partial charge in [0.1, 0.15) is 11.7 Å². The SMILES string of the molecule is CCCNC(=O)[C@@H]1CCCN1c1cc(C(F)(F)F)nc2ccccc12. The first-order chi connectivity index (χ1) is 11.9. The van der Waals surface area contributed by atoms with Crippen molar-refractivity contribution in [2.45, 2.75) is 38.4 Å². The molecule has 1 N–H and O–H groups in total. The number of anilines is 1. The molecule has 2 aromatic rings. The molecule has 0 radical (unpaired) electrons. The smallest absolute Gasteiger partial charge is 0.359 e. The van der Waals surface area contributed by atoms with Gasteiger partial charge in [-0.25, -0.2) is 4.98 Å². The van der Waals surface area contributed by atoms with E-state index in [9.17, 15) is 18.0 Å². The van der Waals surface area contributed by atoms with Gasteiger partial charge >= 0.3 is 6.18 Å². The summed E-state index contributed by atoms with van der Waals surface area (Å²) >= 11 is 0. The number of benzene rings is 1. The molecule has 0 spiro atoms. The number of hydrogen-bond donors (Lipinski definition) is 1. The van der Waals surface area contributed by atoms with Gasteiger partial charge < -0.3 is 10.2 Å². The van der Waals surface area contributed by atoms with E-state index in [4.69, 9.17) is 0 Å². The highest BCUT2D eigenvalue weighted by Crippen LogP contribution is 2.37. The maximum atomic E-state index is 13.2. The Balaban J connectivity index is 2.05. The maximum Gasteiger partial charge on any atom is 0.433 e. The van der Waals surface area contributed by atoms with Crippen LogP contribution in [0.3, 0.4) is 0 Å². The van der Waals surface area contributed by atoms with Crippen LogP contribution >= 0.6 is 0 Å². The van der Waals surface area contributed by atoms with Crippen LogP contribution in [0.25, 0.3) is 10.9 Å². The van der Waals surface area contributed by atoms with Gasteiger partial charge in [0.25, 0.3) is 0 Å². The van der Waals surface area contributed by atoms with Crippen LogP contribution in [-0.2, 0) is 11.0 Å². The number of hydrogen-bond acceptors (Lipinski definition) is 3. The van der Waals surface area contributed by atoms with Gasteiger partial charge in [-0.2, -0.15) is 13.2 Å². The van der Waals surface area contributed by atoms with Crippen molar-refractivity contribution in [1.29, 1.82) is 0 Å². The summed E-state index contributed by atoms with van der Waals surface area (Å²) < 4.78 is 39.7. The van der Waals surface area contributed by atoms with Crippen LogP contribution in [0.5, 0.6) is 0 Å². The Kier molecular flexibility index (Phi) is 4.83. The molecule has 134 valence electrons. The van der Waals surface area contributed by atoms with Crippen molar-refractivity contribution < 1.29 is 18.0 Å². The molecular formula is C18H20F3N3O. The summed E-state index contributed by atoms with van der Waals surface area (Å²) in [4.78, 5) is 17.9. The first kappa shape index (κ1) is 17.5. The number of para-hydroxylation sites is 1. The van der Waals surface area contributed by atoms with E-state index in [-0.39, 0.29) is 11.4 Å². The minimum atomic E-state index is -4.53. The highest BCUT2D eigenvalue weighted by Gasteiger charge is 2.36. The normalized spacial score (nSPS) is 17.9. The monoisotopic (exact) mass is 351 g/mol. The van der Waals surface area contributed by atoms with Crippen molar-refractivity contribution in [2.24, 2.45) is 0 Å². The zero-order valence-corrected chi connectivity index (χ0v) is 13.9. The summed E-state index contributed by atoms with van der Waals surface area (Å²) in [5.74, 6) is -0.131. The average molecular weight is 351 g/mol. The number of fused-ring (bicyclic) bond motifs is 1. The van der Waals surface area contributed by atoms with Crippen molar-refractivity contribution in [3.8, 4) is 0 Å². The molecule has 0 bridgehead atoms. The van der Waals surface area contributed by atoms with Crippen molar-refractivity contribution in [3.63, 3.8) is 0 Å². The van der Waals surface area contributed by atoms with E-state index in [0.29, 0.717) is 30.6 Å². The Bertz CT molecular complexity index is 776. The van der Waals surface area contributed by atoms with Gasteiger partial charge in [-0.05, 0) is 31.4 Å².